The van der Waals surface area contributed by atoms with Gasteiger partial charge >= 0.3 is 0 Å². The predicted molar refractivity (Wildman–Crippen MR) is 76.8 cm³/mol. The molecule has 1 saturated heterocycles. The Kier molecular flexibility index (Phi) is 3.72. The first kappa shape index (κ1) is 13.8. The van der Waals surface area contributed by atoms with E-state index in [1.165, 1.54) is 0 Å². The van der Waals surface area contributed by atoms with Crippen LogP contribution in [0.15, 0.2) is 12.4 Å². The largest absolute Gasteiger partial charge is 0.351 e. The van der Waals surface area contributed by atoms with E-state index in [4.69, 9.17) is 0 Å². The van der Waals surface area contributed by atoms with E-state index in [1.54, 1.807) is 29.1 Å². The van der Waals surface area contributed by atoms with E-state index < -0.39 is 0 Å². The summed E-state index contributed by atoms with van der Waals surface area (Å²) in [6.45, 7) is 3.84. The molecule has 21 heavy (non-hydrogen) atoms. The van der Waals surface area contributed by atoms with Gasteiger partial charge in [-0.25, -0.2) is 9.97 Å². The summed E-state index contributed by atoms with van der Waals surface area (Å²) in [5.41, 5.74) is 0.493. The van der Waals surface area contributed by atoms with Crippen molar-refractivity contribution in [3.63, 3.8) is 0 Å². The number of rotatable bonds is 3. The molecule has 0 radical (unpaired) electrons. The van der Waals surface area contributed by atoms with E-state index >= 15 is 0 Å². The molecule has 0 aromatic carbocycles. The number of hydrogen-bond donors (Lipinski definition) is 1. The van der Waals surface area contributed by atoms with Crippen molar-refractivity contribution in [2.24, 2.45) is 0 Å². The lowest BCUT2D eigenvalue weighted by molar-refractivity contribution is -0.130. The van der Waals surface area contributed by atoms with Gasteiger partial charge in [-0.05, 0) is 12.8 Å². The molecule has 112 valence electrons. The number of nitrogens with zero attached hydrogens (tertiary/aromatic N) is 4. The smallest absolute Gasteiger partial charge is 0.257 e. The zero-order chi connectivity index (χ0) is 14.8. The number of aromatic nitrogens is 2. The van der Waals surface area contributed by atoms with Gasteiger partial charge in [-0.1, -0.05) is 0 Å². The van der Waals surface area contributed by atoms with E-state index in [2.05, 4.69) is 15.3 Å². The second kappa shape index (κ2) is 5.67. The highest BCUT2D eigenvalue weighted by Crippen LogP contribution is 2.22. The third kappa shape index (κ3) is 3.29. The van der Waals surface area contributed by atoms with Gasteiger partial charge in [0.25, 0.3) is 5.91 Å². The fraction of sp³-hybridized carbons (Fsp3) is 0.571. The van der Waals surface area contributed by atoms with Gasteiger partial charge in [-0.15, -0.1) is 0 Å². The van der Waals surface area contributed by atoms with Crippen LogP contribution >= 0.6 is 0 Å². The molecule has 0 spiro atoms. The lowest BCUT2D eigenvalue weighted by Crippen LogP contribution is -2.50. The van der Waals surface area contributed by atoms with E-state index in [0.717, 1.165) is 12.8 Å². The zero-order valence-electron chi connectivity index (χ0n) is 12.1. The molecule has 2 amide bonds. The molecule has 0 atom stereocenters. The molecular formula is C14H19N5O2. The molecule has 1 aromatic heterocycles. The van der Waals surface area contributed by atoms with Crippen molar-refractivity contribution >= 4 is 17.8 Å². The number of piperazine rings is 1. The third-order valence-corrected chi connectivity index (χ3v) is 3.82. The van der Waals surface area contributed by atoms with Gasteiger partial charge in [0.2, 0.25) is 11.9 Å². The van der Waals surface area contributed by atoms with Crippen molar-refractivity contribution in [2.45, 2.75) is 25.8 Å². The van der Waals surface area contributed by atoms with Crippen LogP contribution in [0.2, 0.25) is 0 Å². The average Bonchev–Trinajstić information content (AvgIpc) is 3.31. The van der Waals surface area contributed by atoms with Crippen LogP contribution in [0.3, 0.4) is 0 Å². The summed E-state index contributed by atoms with van der Waals surface area (Å²) in [6, 6.07) is 0.492. The molecule has 1 N–H and O–H groups in total. The van der Waals surface area contributed by atoms with Crippen molar-refractivity contribution in [3.8, 4) is 0 Å². The average molecular weight is 289 g/mol. The fourth-order valence-corrected chi connectivity index (χ4v) is 2.33. The molecule has 7 heteroatoms. The molecule has 1 aromatic rings. The van der Waals surface area contributed by atoms with Gasteiger partial charge in [-0.2, -0.15) is 0 Å². The first-order chi connectivity index (χ1) is 10.1. The van der Waals surface area contributed by atoms with Gasteiger partial charge in [0.15, 0.2) is 0 Å². The minimum atomic E-state index is -0.0730. The highest BCUT2D eigenvalue weighted by Gasteiger charge is 2.24. The Morgan fingerprint density at radius 2 is 1.67 bits per heavy atom. The van der Waals surface area contributed by atoms with Gasteiger partial charge in [0, 0.05) is 51.5 Å². The SMILES string of the molecule is CC(=O)N1CCN(C(=O)c2cnc(NC3CC3)nc2)CC1. The Morgan fingerprint density at radius 3 is 2.19 bits per heavy atom. The maximum absolute atomic E-state index is 12.3. The topological polar surface area (TPSA) is 78.4 Å². The van der Waals surface area contributed by atoms with E-state index in [1.807, 2.05) is 0 Å². The molecular weight excluding hydrogens is 270 g/mol. The van der Waals surface area contributed by atoms with Crippen molar-refractivity contribution in [2.75, 3.05) is 31.5 Å². The lowest BCUT2D eigenvalue weighted by atomic mass is 10.2. The quantitative estimate of drug-likeness (QED) is 0.869. The molecule has 0 bridgehead atoms. The van der Waals surface area contributed by atoms with Gasteiger partial charge < -0.3 is 15.1 Å². The Balaban J connectivity index is 1.58. The number of carbonyl (C=O) groups excluding carboxylic acids is 2. The molecule has 2 aliphatic rings. The lowest BCUT2D eigenvalue weighted by Gasteiger charge is -2.34. The van der Waals surface area contributed by atoms with Crippen LogP contribution in [0.1, 0.15) is 30.1 Å². The van der Waals surface area contributed by atoms with Crippen molar-refractivity contribution in [3.05, 3.63) is 18.0 Å². The van der Waals surface area contributed by atoms with E-state index in [9.17, 15) is 9.59 Å². The first-order valence-corrected chi connectivity index (χ1v) is 7.27. The normalized spacial score (nSPS) is 18.5. The maximum atomic E-state index is 12.3. The number of carbonyl (C=O) groups is 2. The Labute approximate surface area is 123 Å². The number of hydrogen-bond acceptors (Lipinski definition) is 5. The summed E-state index contributed by atoms with van der Waals surface area (Å²) < 4.78 is 0. The molecule has 7 nitrogen and oxygen atoms in total. The first-order valence-electron chi connectivity index (χ1n) is 7.27. The monoisotopic (exact) mass is 289 g/mol. The van der Waals surface area contributed by atoms with Crippen LogP contribution in [-0.4, -0.2) is 63.8 Å². The molecule has 2 fully saturated rings. The van der Waals surface area contributed by atoms with Crippen LogP contribution in [0.5, 0.6) is 0 Å². The summed E-state index contributed by atoms with van der Waals surface area (Å²) in [5, 5.41) is 3.19. The second-order valence-electron chi connectivity index (χ2n) is 5.51. The van der Waals surface area contributed by atoms with Crippen LogP contribution in [0, 0.1) is 0 Å². The molecule has 1 aliphatic carbocycles. The summed E-state index contributed by atoms with van der Waals surface area (Å²) in [6.07, 6.45) is 5.45. The molecule has 3 rings (SSSR count). The van der Waals surface area contributed by atoms with Crippen molar-refractivity contribution in [1.29, 1.82) is 0 Å². The molecule has 1 aliphatic heterocycles. The highest BCUT2D eigenvalue weighted by atomic mass is 16.2. The fourth-order valence-electron chi connectivity index (χ4n) is 2.33. The number of nitrogens with one attached hydrogen (secondary N) is 1. The molecule has 2 heterocycles. The zero-order valence-corrected chi connectivity index (χ0v) is 12.1. The summed E-state index contributed by atoms with van der Waals surface area (Å²) in [5.74, 6) is 0.563. The van der Waals surface area contributed by atoms with Gasteiger partial charge in [-0.3, -0.25) is 9.59 Å². The van der Waals surface area contributed by atoms with Crippen molar-refractivity contribution < 1.29 is 9.59 Å². The maximum Gasteiger partial charge on any atom is 0.257 e. The van der Waals surface area contributed by atoms with E-state index in [-0.39, 0.29) is 11.8 Å². The standard InChI is InChI=1S/C14H19N5O2/c1-10(20)18-4-6-19(7-5-18)13(21)11-8-15-14(16-9-11)17-12-2-3-12/h8-9,12H,2-7H2,1H3,(H,15,16,17). The van der Waals surface area contributed by atoms with Crippen molar-refractivity contribution in [1.82, 2.24) is 19.8 Å². The minimum absolute atomic E-state index is 0.0564. The number of amides is 2. The number of anilines is 1. The summed E-state index contributed by atoms with van der Waals surface area (Å²) >= 11 is 0. The summed E-state index contributed by atoms with van der Waals surface area (Å²) in [7, 11) is 0. The minimum Gasteiger partial charge on any atom is -0.351 e. The van der Waals surface area contributed by atoms with Crippen LogP contribution in [-0.2, 0) is 4.79 Å². The molecule has 1 saturated carbocycles. The molecule has 0 unspecified atom stereocenters. The predicted octanol–water partition coefficient (Wildman–Crippen LogP) is 0.355. The Morgan fingerprint density at radius 1 is 1.10 bits per heavy atom. The Hall–Kier alpha value is -2.18. The van der Waals surface area contributed by atoms with E-state index in [0.29, 0.717) is 43.7 Å². The third-order valence-electron chi connectivity index (χ3n) is 3.82. The summed E-state index contributed by atoms with van der Waals surface area (Å²) in [4.78, 5) is 35.5. The van der Waals surface area contributed by atoms with Gasteiger partial charge in [0.1, 0.15) is 0 Å². The Bertz CT molecular complexity index is 533. The van der Waals surface area contributed by atoms with Crippen LogP contribution in [0.4, 0.5) is 5.95 Å². The highest BCUT2D eigenvalue weighted by molar-refractivity contribution is 5.93. The van der Waals surface area contributed by atoms with Crippen LogP contribution in [0.25, 0.3) is 0 Å². The van der Waals surface area contributed by atoms with Gasteiger partial charge in [0.05, 0.1) is 5.56 Å². The second-order valence-corrected chi connectivity index (χ2v) is 5.51. The van der Waals surface area contributed by atoms with Crippen LogP contribution < -0.4 is 5.32 Å².